The summed E-state index contributed by atoms with van der Waals surface area (Å²) in [5, 5.41) is 1.70. The Hall–Kier alpha value is -0.610. The van der Waals surface area contributed by atoms with Gasteiger partial charge in [0.15, 0.2) is 0 Å². The highest BCUT2D eigenvalue weighted by atomic mass is 16.2. The Balaban J connectivity index is 2.46. The number of likely N-dealkylation sites (tertiary alicyclic amines) is 1. The summed E-state index contributed by atoms with van der Waals surface area (Å²) >= 11 is 0. The van der Waals surface area contributed by atoms with E-state index >= 15 is 0 Å². The van der Waals surface area contributed by atoms with Crippen LogP contribution in [0, 0.1) is 0 Å². The van der Waals surface area contributed by atoms with E-state index < -0.39 is 0 Å². The maximum absolute atomic E-state index is 11.0. The van der Waals surface area contributed by atoms with E-state index in [1.165, 1.54) is 0 Å². The number of likely N-dealkylation sites (N-methyl/N-ethyl adjacent to an activating group) is 1. The third-order valence-electron chi connectivity index (χ3n) is 2.42. The summed E-state index contributed by atoms with van der Waals surface area (Å²) in [6.45, 7) is 3.28. The van der Waals surface area contributed by atoms with Crippen LogP contribution in [0.4, 0.5) is 0 Å². The summed E-state index contributed by atoms with van der Waals surface area (Å²) in [6, 6.07) is 0.336. The predicted octanol–water partition coefficient (Wildman–Crippen LogP) is -0.197. The van der Waals surface area contributed by atoms with Crippen LogP contribution in [-0.4, -0.2) is 42.0 Å². The van der Waals surface area contributed by atoms with Crippen molar-refractivity contribution in [2.75, 3.05) is 20.1 Å². The molecular weight excluding hydrogens is 154 g/mol. The first-order valence-electron chi connectivity index (χ1n) is 4.34. The van der Waals surface area contributed by atoms with Crippen molar-refractivity contribution in [3.63, 3.8) is 0 Å². The van der Waals surface area contributed by atoms with Gasteiger partial charge in [0.1, 0.15) is 0 Å². The van der Waals surface area contributed by atoms with Crippen LogP contribution >= 0.6 is 0 Å². The van der Waals surface area contributed by atoms with Gasteiger partial charge in [-0.1, -0.05) is 0 Å². The zero-order valence-electron chi connectivity index (χ0n) is 7.79. The second kappa shape index (κ2) is 3.87. The minimum atomic E-state index is 0.154. The van der Waals surface area contributed by atoms with E-state index in [1.807, 2.05) is 11.9 Å². The van der Waals surface area contributed by atoms with Gasteiger partial charge >= 0.3 is 0 Å². The maximum Gasteiger partial charge on any atom is 0.219 e. The third-order valence-corrected chi connectivity index (χ3v) is 2.42. The minimum absolute atomic E-state index is 0.154. The Morgan fingerprint density at radius 3 is 2.83 bits per heavy atom. The SMILES string of the molecule is CC(=O)N1CCCC(N(C)N)C1. The van der Waals surface area contributed by atoms with Crippen molar-refractivity contribution in [1.29, 1.82) is 0 Å². The van der Waals surface area contributed by atoms with Crippen LogP contribution in [0.3, 0.4) is 0 Å². The number of amides is 1. The lowest BCUT2D eigenvalue weighted by atomic mass is 10.1. The minimum Gasteiger partial charge on any atom is -0.341 e. The molecule has 4 nitrogen and oxygen atoms in total. The van der Waals surface area contributed by atoms with E-state index in [0.29, 0.717) is 6.04 Å². The number of nitrogens with two attached hydrogens (primary N) is 1. The average Bonchev–Trinajstić information content (AvgIpc) is 2.04. The molecule has 1 unspecified atom stereocenters. The molecule has 0 aliphatic carbocycles. The molecule has 0 bridgehead atoms. The Kier molecular flexibility index (Phi) is 3.05. The summed E-state index contributed by atoms with van der Waals surface area (Å²) in [7, 11) is 1.86. The molecule has 4 heteroatoms. The second-order valence-corrected chi connectivity index (χ2v) is 3.43. The van der Waals surface area contributed by atoms with Crippen molar-refractivity contribution in [3.8, 4) is 0 Å². The van der Waals surface area contributed by atoms with Crippen molar-refractivity contribution >= 4 is 5.91 Å². The van der Waals surface area contributed by atoms with E-state index in [9.17, 15) is 4.79 Å². The number of rotatable bonds is 1. The van der Waals surface area contributed by atoms with Crippen LogP contribution in [0.5, 0.6) is 0 Å². The molecule has 1 heterocycles. The van der Waals surface area contributed by atoms with Gasteiger partial charge in [0, 0.05) is 33.1 Å². The Bertz CT molecular complexity index is 170. The molecule has 0 radical (unpaired) electrons. The van der Waals surface area contributed by atoms with E-state index in [1.54, 1.807) is 11.9 Å². The third kappa shape index (κ3) is 2.19. The number of hydrogen-bond donors (Lipinski definition) is 1. The van der Waals surface area contributed by atoms with E-state index in [-0.39, 0.29) is 5.91 Å². The lowest BCUT2D eigenvalue weighted by Gasteiger charge is -2.35. The van der Waals surface area contributed by atoms with Gasteiger partial charge in [0.25, 0.3) is 0 Å². The van der Waals surface area contributed by atoms with Gasteiger partial charge in [-0.15, -0.1) is 0 Å². The predicted molar refractivity (Wildman–Crippen MR) is 47.2 cm³/mol. The van der Waals surface area contributed by atoms with Gasteiger partial charge in [0.2, 0.25) is 5.91 Å². The fourth-order valence-corrected chi connectivity index (χ4v) is 1.57. The van der Waals surface area contributed by atoms with Crippen LogP contribution in [0.15, 0.2) is 0 Å². The summed E-state index contributed by atoms with van der Waals surface area (Å²) in [5.74, 6) is 5.78. The number of piperidine rings is 1. The fourth-order valence-electron chi connectivity index (χ4n) is 1.57. The van der Waals surface area contributed by atoms with Crippen molar-refractivity contribution in [3.05, 3.63) is 0 Å². The van der Waals surface area contributed by atoms with Crippen molar-refractivity contribution in [2.24, 2.45) is 5.84 Å². The van der Waals surface area contributed by atoms with E-state index in [4.69, 9.17) is 5.84 Å². The van der Waals surface area contributed by atoms with Crippen LogP contribution in [0.2, 0.25) is 0 Å². The molecule has 2 N–H and O–H groups in total. The average molecular weight is 171 g/mol. The highest BCUT2D eigenvalue weighted by Gasteiger charge is 2.22. The molecule has 0 aromatic rings. The molecule has 0 aromatic heterocycles. The topological polar surface area (TPSA) is 49.6 Å². The molecule has 12 heavy (non-hydrogen) atoms. The van der Waals surface area contributed by atoms with Crippen LogP contribution in [-0.2, 0) is 4.79 Å². The molecule has 1 amide bonds. The van der Waals surface area contributed by atoms with Crippen LogP contribution in [0.25, 0.3) is 0 Å². The second-order valence-electron chi connectivity index (χ2n) is 3.43. The number of nitrogens with zero attached hydrogens (tertiary/aromatic N) is 2. The molecule has 1 aliphatic heterocycles. The van der Waals surface area contributed by atoms with Gasteiger partial charge in [-0.05, 0) is 12.8 Å². The van der Waals surface area contributed by atoms with Crippen molar-refractivity contribution in [1.82, 2.24) is 9.91 Å². The van der Waals surface area contributed by atoms with Gasteiger partial charge in [-0.3, -0.25) is 10.6 Å². The molecule has 0 aromatic carbocycles. The fraction of sp³-hybridized carbons (Fsp3) is 0.875. The normalized spacial score (nSPS) is 24.7. The first-order chi connectivity index (χ1) is 5.61. The Labute approximate surface area is 73.3 Å². The van der Waals surface area contributed by atoms with Crippen LogP contribution < -0.4 is 5.84 Å². The summed E-state index contributed by atoms with van der Waals surface area (Å²) in [6.07, 6.45) is 2.16. The highest BCUT2D eigenvalue weighted by Crippen LogP contribution is 2.12. The van der Waals surface area contributed by atoms with Crippen LogP contribution in [0.1, 0.15) is 19.8 Å². The van der Waals surface area contributed by atoms with Gasteiger partial charge in [0.05, 0.1) is 0 Å². The molecule has 1 fully saturated rings. The number of hydrogen-bond acceptors (Lipinski definition) is 3. The zero-order chi connectivity index (χ0) is 9.14. The van der Waals surface area contributed by atoms with Crippen molar-refractivity contribution in [2.45, 2.75) is 25.8 Å². The lowest BCUT2D eigenvalue weighted by molar-refractivity contribution is -0.130. The van der Waals surface area contributed by atoms with Gasteiger partial charge in [-0.2, -0.15) is 0 Å². The summed E-state index contributed by atoms with van der Waals surface area (Å²) < 4.78 is 0. The largest absolute Gasteiger partial charge is 0.341 e. The quantitative estimate of drug-likeness (QED) is 0.439. The Morgan fingerprint density at radius 1 is 1.67 bits per heavy atom. The summed E-state index contributed by atoms with van der Waals surface area (Å²) in [5.41, 5.74) is 0. The zero-order valence-corrected chi connectivity index (χ0v) is 7.79. The maximum atomic E-state index is 11.0. The lowest BCUT2D eigenvalue weighted by Crippen LogP contribution is -2.50. The monoisotopic (exact) mass is 171 g/mol. The molecule has 1 saturated heterocycles. The number of carbonyl (C=O) groups is 1. The smallest absolute Gasteiger partial charge is 0.219 e. The van der Waals surface area contributed by atoms with Gasteiger partial charge in [-0.25, -0.2) is 5.01 Å². The number of hydrazine groups is 1. The van der Waals surface area contributed by atoms with E-state index in [2.05, 4.69) is 0 Å². The summed E-state index contributed by atoms with van der Waals surface area (Å²) in [4.78, 5) is 12.9. The number of carbonyl (C=O) groups excluding carboxylic acids is 1. The van der Waals surface area contributed by atoms with E-state index in [0.717, 1.165) is 25.9 Å². The Morgan fingerprint density at radius 2 is 2.33 bits per heavy atom. The van der Waals surface area contributed by atoms with Gasteiger partial charge < -0.3 is 4.90 Å². The van der Waals surface area contributed by atoms with Crippen molar-refractivity contribution < 1.29 is 4.79 Å². The first-order valence-corrected chi connectivity index (χ1v) is 4.34. The first kappa shape index (κ1) is 9.48. The molecule has 1 aliphatic rings. The molecule has 1 rings (SSSR count). The highest BCUT2D eigenvalue weighted by molar-refractivity contribution is 5.73. The molecular formula is C8H17N3O. The standard InChI is InChI=1S/C8H17N3O/c1-7(12)11-5-3-4-8(6-11)10(2)9/h8H,3-6,9H2,1-2H3. The molecule has 70 valence electrons. The molecule has 1 atom stereocenters. The molecule has 0 saturated carbocycles. The molecule has 0 spiro atoms.